The molecule has 1 aliphatic rings. The van der Waals surface area contributed by atoms with Crippen LogP contribution in [0.25, 0.3) is 22.3 Å². The van der Waals surface area contributed by atoms with Crippen LogP contribution < -0.4 is 0 Å². The molecule has 1 fully saturated rings. The topological polar surface area (TPSA) is 54.2 Å². The Hall–Kier alpha value is -2.82. The van der Waals surface area contributed by atoms with Gasteiger partial charge in [-0.3, -0.25) is 9.58 Å². The highest BCUT2D eigenvalue weighted by Crippen LogP contribution is 2.38. The second-order valence-corrected chi connectivity index (χ2v) is 8.15. The summed E-state index contributed by atoms with van der Waals surface area (Å²) in [5, 5.41) is 15.3. The van der Waals surface area contributed by atoms with Gasteiger partial charge in [-0.05, 0) is 55.6 Å². The number of alkyl halides is 6. The molecule has 0 radical (unpaired) electrons. The normalized spacial score (nSPS) is 18.0. The van der Waals surface area contributed by atoms with E-state index in [9.17, 15) is 31.4 Å². The van der Waals surface area contributed by atoms with Gasteiger partial charge in [0.05, 0.1) is 17.8 Å². The molecular formula is C21H20F6N4O. The van der Waals surface area contributed by atoms with Crippen LogP contribution in [0.3, 0.4) is 0 Å². The van der Waals surface area contributed by atoms with Crippen molar-refractivity contribution in [1.29, 1.82) is 0 Å². The van der Waals surface area contributed by atoms with Crippen molar-refractivity contribution in [3.05, 3.63) is 41.6 Å². The number of aryl methyl sites for hydroxylation is 1. The molecule has 3 aromatic rings. The van der Waals surface area contributed by atoms with Gasteiger partial charge in [0.2, 0.25) is 0 Å². The van der Waals surface area contributed by atoms with E-state index in [-0.39, 0.29) is 22.7 Å². The van der Waals surface area contributed by atoms with E-state index in [0.29, 0.717) is 43.2 Å². The number of aromatic nitrogens is 3. The van der Waals surface area contributed by atoms with E-state index in [1.165, 1.54) is 11.8 Å². The van der Waals surface area contributed by atoms with Crippen LogP contribution in [0.4, 0.5) is 26.3 Å². The van der Waals surface area contributed by atoms with Gasteiger partial charge in [-0.25, -0.2) is 4.98 Å². The Balaban J connectivity index is 1.54. The number of hydrogen-bond donors (Lipinski definition) is 1. The van der Waals surface area contributed by atoms with Gasteiger partial charge in [0.1, 0.15) is 5.75 Å². The van der Waals surface area contributed by atoms with E-state index in [2.05, 4.69) is 10.1 Å². The summed E-state index contributed by atoms with van der Waals surface area (Å²) in [5.74, 6) is -0.508. The van der Waals surface area contributed by atoms with Gasteiger partial charge in [-0.15, -0.1) is 0 Å². The number of aromatic hydroxyl groups is 1. The first kappa shape index (κ1) is 22.4. The monoisotopic (exact) mass is 458 g/mol. The highest BCUT2D eigenvalue weighted by molar-refractivity contribution is 5.80. The minimum atomic E-state index is -4.58. The third kappa shape index (κ3) is 4.82. The van der Waals surface area contributed by atoms with Crippen molar-refractivity contribution in [2.75, 3.05) is 19.6 Å². The van der Waals surface area contributed by atoms with Gasteiger partial charge in [-0.1, -0.05) is 0 Å². The molecule has 1 aromatic carbocycles. The van der Waals surface area contributed by atoms with E-state index < -0.39 is 30.2 Å². The maximum absolute atomic E-state index is 13.0. The Morgan fingerprint density at radius 3 is 2.53 bits per heavy atom. The van der Waals surface area contributed by atoms with Gasteiger partial charge < -0.3 is 5.11 Å². The Morgan fingerprint density at radius 2 is 1.88 bits per heavy atom. The summed E-state index contributed by atoms with van der Waals surface area (Å²) >= 11 is 0. The Labute approximate surface area is 179 Å². The number of nitrogens with zero attached hydrogens (tertiary/aromatic N) is 4. The summed E-state index contributed by atoms with van der Waals surface area (Å²) in [6, 6.07) is 4.90. The van der Waals surface area contributed by atoms with Gasteiger partial charge in [0.15, 0.2) is 5.65 Å². The highest BCUT2D eigenvalue weighted by atomic mass is 19.4. The Bertz CT molecular complexity index is 1110. The number of likely N-dealkylation sites (tertiary alicyclic amines) is 1. The van der Waals surface area contributed by atoms with Gasteiger partial charge in [0, 0.05) is 30.2 Å². The Kier molecular flexibility index (Phi) is 5.56. The molecule has 1 atom stereocenters. The molecule has 1 unspecified atom stereocenters. The third-order valence-electron chi connectivity index (χ3n) is 5.53. The van der Waals surface area contributed by atoms with Gasteiger partial charge >= 0.3 is 12.4 Å². The fourth-order valence-corrected chi connectivity index (χ4v) is 4.17. The van der Waals surface area contributed by atoms with E-state index >= 15 is 0 Å². The molecule has 172 valence electrons. The smallest absolute Gasteiger partial charge is 0.416 e. The molecule has 1 saturated heterocycles. The fraction of sp³-hybridized carbons (Fsp3) is 0.429. The lowest BCUT2D eigenvalue weighted by Gasteiger charge is -2.17. The number of rotatable bonds is 4. The number of halogens is 6. The lowest BCUT2D eigenvalue weighted by molar-refractivity contribution is -0.143. The molecule has 0 aliphatic carbocycles. The molecular weight excluding hydrogens is 438 g/mol. The molecule has 3 heterocycles. The van der Waals surface area contributed by atoms with Crippen molar-refractivity contribution in [1.82, 2.24) is 19.7 Å². The van der Waals surface area contributed by atoms with E-state index in [4.69, 9.17) is 0 Å². The van der Waals surface area contributed by atoms with E-state index in [1.54, 1.807) is 23.0 Å². The number of phenols is 1. The lowest BCUT2D eigenvalue weighted by Crippen LogP contribution is -2.32. The maximum atomic E-state index is 13.0. The van der Waals surface area contributed by atoms with Crippen LogP contribution in [-0.4, -0.2) is 50.6 Å². The number of phenolic OH excluding ortho intramolecular Hbond substituents is 1. The molecule has 11 heteroatoms. The summed E-state index contributed by atoms with van der Waals surface area (Å²) in [4.78, 5) is 5.76. The van der Waals surface area contributed by atoms with Crippen molar-refractivity contribution < 1.29 is 31.4 Å². The molecule has 1 N–H and O–H groups in total. The second kappa shape index (κ2) is 7.95. The van der Waals surface area contributed by atoms with Crippen LogP contribution in [0.5, 0.6) is 5.75 Å². The summed E-state index contributed by atoms with van der Waals surface area (Å²) in [6.45, 7) is 1.67. The summed E-state index contributed by atoms with van der Waals surface area (Å²) in [5.41, 5.74) is 0.0835. The fourth-order valence-electron chi connectivity index (χ4n) is 4.17. The summed E-state index contributed by atoms with van der Waals surface area (Å²) < 4.78 is 78.3. The number of pyridine rings is 1. The molecule has 2 aromatic heterocycles. The maximum Gasteiger partial charge on any atom is 0.416 e. The van der Waals surface area contributed by atoms with Crippen molar-refractivity contribution in [3.8, 4) is 17.0 Å². The predicted molar refractivity (Wildman–Crippen MR) is 105 cm³/mol. The second-order valence-electron chi connectivity index (χ2n) is 8.15. The predicted octanol–water partition coefficient (Wildman–Crippen LogP) is 5.02. The van der Waals surface area contributed by atoms with Crippen LogP contribution in [0.1, 0.15) is 17.5 Å². The van der Waals surface area contributed by atoms with Crippen LogP contribution in [0.15, 0.2) is 30.5 Å². The van der Waals surface area contributed by atoms with Crippen LogP contribution in [0.2, 0.25) is 0 Å². The van der Waals surface area contributed by atoms with Crippen molar-refractivity contribution >= 4 is 11.0 Å². The zero-order valence-electron chi connectivity index (χ0n) is 17.0. The zero-order valence-corrected chi connectivity index (χ0v) is 17.0. The largest absolute Gasteiger partial charge is 0.507 e. The molecule has 32 heavy (non-hydrogen) atoms. The molecule has 1 aliphatic heterocycles. The molecule has 4 rings (SSSR count). The van der Waals surface area contributed by atoms with Gasteiger partial charge in [-0.2, -0.15) is 31.4 Å². The van der Waals surface area contributed by atoms with Crippen LogP contribution in [-0.2, 0) is 12.7 Å². The minimum Gasteiger partial charge on any atom is -0.507 e. The van der Waals surface area contributed by atoms with E-state index in [0.717, 1.165) is 6.07 Å². The first-order valence-electron chi connectivity index (χ1n) is 9.93. The van der Waals surface area contributed by atoms with Crippen LogP contribution in [0, 0.1) is 12.8 Å². The summed E-state index contributed by atoms with van der Waals surface area (Å²) in [6.07, 6.45) is -6.44. The van der Waals surface area contributed by atoms with Crippen molar-refractivity contribution in [2.24, 2.45) is 5.92 Å². The van der Waals surface area contributed by atoms with Gasteiger partial charge in [0.25, 0.3) is 0 Å². The average Bonchev–Trinajstić information content (AvgIpc) is 3.24. The standard InChI is InChI=1S/C21H20F6N4O/c1-12-6-15(21(25,26)27)7-17(32)18(12)16-3-2-14-10-31(29-19(14)28-16)9-13-4-5-30(8-13)11-20(22,23)24/h2-3,6-7,10,13,32H,4-5,8-9,11H2,1H3. The lowest BCUT2D eigenvalue weighted by atomic mass is 10.00. The highest BCUT2D eigenvalue weighted by Gasteiger charge is 2.34. The van der Waals surface area contributed by atoms with Crippen molar-refractivity contribution in [2.45, 2.75) is 32.2 Å². The SMILES string of the molecule is Cc1cc(C(F)(F)F)cc(O)c1-c1ccc2cn(CC3CCN(CC(F)(F)F)C3)nc2n1. The van der Waals surface area contributed by atoms with Crippen molar-refractivity contribution in [3.63, 3.8) is 0 Å². The minimum absolute atomic E-state index is 0.0207. The molecule has 0 spiro atoms. The molecule has 0 amide bonds. The Morgan fingerprint density at radius 1 is 1.12 bits per heavy atom. The molecule has 0 bridgehead atoms. The quantitative estimate of drug-likeness (QED) is 0.559. The number of benzene rings is 1. The number of hydrogen-bond acceptors (Lipinski definition) is 4. The average molecular weight is 458 g/mol. The first-order valence-corrected chi connectivity index (χ1v) is 9.93. The van der Waals surface area contributed by atoms with E-state index in [1.807, 2.05) is 0 Å². The first-order chi connectivity index (χ1) is 14.9. The summed E-state index contributed by atoms with van der Waals surface area (Å²) in [7, 11) is 0. The zero-order chi connectivity index (χ0) is 23.3. The van der Waals surface area contributed by atoms with Crippen LogP contribution >= 0.6 is 0 Å². The third-order valence-corrected chi connectivity index (χ3v) is 5.53. The number of fused-ring (bicyclic) bond motifs is 1. The molecule has 0 saturated carbocycles. The molecule has 5 nitrogen and oxygen atoms in total.